The molecule has 1 amide bonds. The van der Waals surface area contributed by atoms with Gasteiger partial charge in [0, 0.05) is 19.7 Å². The molecule has 0 aliphatic carbocycles. The van der Waals surface area contributed by atoms with Crippen molar-refractivity contribution in [2.24, 2.45) is 0 Å². The molecule has 0 unspecified atom stereocenters. The molecule has 19 heavy (non-hydrogen) atoms. The summed E-state index contributed by atoms with van der Waals surface area (Å²) in [6, 6.07) is 3.43. The van der Waals surface area contributed by atoms with E-state index in [1.807, 2.05) is 6.92 Å². The third-order valence-corrected chi connectivity index (χ3v) is 2.64. The first kappa shape index (κ1) is 13.1. The lowest BCUT2D eigenvalue weighted by Gasteiger charge is -2.07. The number of nitrogens with one attached hydrogen (secondary N) is 2. The molecule has 0 radical (unpaired) electrons. The molecule has 0 fully saturated rings. The van der Waals surface area contributed by atoms with Crippen molar-refractivity contribution in [1.82, 2.24) is 15.3 Å². The van der Waals surface area contributed by atoms with E-state index in [9.17, 15) is 4.79 Å². The van der Waals surface area contributed by atoms with E-state index in [1.165, 1.54) is 0 Å². The van der Waals surface area contributed by atoms with Gasteiger partial charge in [-0.1, -0.05) is 6.92 Å². The number of aryl methyl sites for hydroxylation is 1. The zero-order chi connectivity index (χ0) is 13.7. The van der Waals surface area contributed by atoms with Gasteiger partial charge in [-0.15, -0.1) is 0 Å². The van der Waals surface area contributed by atoms with Gasteiger partial charge in [0.1, 0.15) is 11.6 Å². The number of amides is 1. The third kappa shape index (κ3) is 3.09. The topological polar surface area (TPSA) is 80.0 Å². The fraction of sp³-hybridized carbons (Fsp3) is 0.308. The first-order valence-corrected chi connectivity index (χ1v) is 6.09. The van der Waals surface area contributed by atoms with E-state index in [2.05, 4.69) is 20.6 Å². The lowest BCUT2D eigenvalue weighted by molar-refractivity contribution is 0.0947. The van der Waals surface area contributed by atoms with Crippen molar-refractivity contribution < 1.29 is 9.21 Å². The Bertz CT molecular complexity index is 565. The summed E-state index contributed by atoms with van der Waals surface area (Å²) in [6.45, 7) is 2.24. The van der Waals surface area contributed by atoms with Crippen LogP contribution in [-0.2, 0) is 13.0 Å². The third-order valence-electron chi connectivity index (χ3n) is 2.64. The molecule has 6 nitrogen and oxygen atoms in total. The maximum absolute atomic E-state index is 12.0. The van der Waals surface area contributed by atoms with Crippen molar-refractivity contribution in [3.8, 4) is 0 Å². The summed E-state index contributed by atoms with van der Waals surface area (Å²) in [5.74, 6) is 1.64. The van der Waals surface area contributed by atoms with Crippen LogP contribution in [0.25, 0.3) is 0 Å². The van der Waals surface area contributed by atoms with Gasteiger partial charge in [0.15, 0.2) is 0 Å². The standard InChI is InChI=1S/C13H16N4O2/c1-3-9-7-16-11(19-9)8-17-13(18)10-5-4-6-15-12(10)14-2/h4-7H,3,8H2,1-2H3,(H,14,15)(H,17,18). The number of hydrogen-bond acceptors (Lipinski definition) is 5. The van der Waals surface area contributed by atoms with Gasteiger partial charge in [-0.25, -0.2) is 9.97 Å². The number of rotatable bonds is 5. The van der Waals surface area contributed by atoms with Crippen molar-refractivity contribution in [3.05, 3.63) is 41.7 Å². The van der Waals surface area contributed by atoms with Crippen LogP contribution in [0.2, 0.25) is 0 Å². The summed E-state index contributed by atoms with van der Waals surface area (Å²) in [4.78, 5) is 20.2. The van der Waals surface area contributed by atoms with Gasteiger partial charge < -0.3 is 15.1 Å². The normalized spacial score (nSPS) is 10.2. The Morgan fingerprint density at radius 1 is 1.42 bits per heavy atom. The number of oxazole rings is 1. The highest BCUT2D eigenvalue weighted by Gasteiger charge is 2.12. The highest BCUT2D eigenvalue weighted by molar-refractivity contribution is 5.98. The van der Waals surface area contributed by atoms with Crippen LogP contribution in [0.1, 0.15) is 28.9 Å². The van der Waals surface area contributed by atoms with Gasteiger partial charge in [-0.3, -0.25) is 4.79 Å². The highest BCUT2D eigenvalue weighted by Crippen LogP contribution is 2.10. The second-order valence-electron chi connectivity index (χ2n) is 3.91. The Morgan fingerprint density at radius 2 is 2.26 bits per heavy atom. The van der Waals surface area contributed by atoms with Gasteiger partial charge in [-0.05, 0) is 12.1 Å². The van der Waals surface area contributed by atoms with E-state index in [0.717, 1.165) is 12.2 Å². The van der Waals surface area contributed by atoms with E-state index in [-0.39, 0.29) is 12.5 Å². The summed E-state index contributed by atoms with van der Waals surface area (Å²) < 4.78 is 5.42. The maximum atomic E-state index is 12.0. The van der Waals surface area contributed by atoms with Crippen LogP contribution in [0.5, 0.6) is 0 Å². The van der Waals surface area contributed by atoms with Crippen LogP contribution in [0.4, 0.5) is 5.82 Å². The molecule has 2 rings (SSSR count). The zero-order valence-corrected chi connectivity index (χ0v) is 10.9. The summed E-state index contributed by atoms with van der Waals surface area (Å²) >= 11 is 0. The molecular weight excluding hydrogens is 244 g/mol. The minimum atomic E-state index is -0.214. The summed E-state index contributed by atoms with van der Waals surface area (Å²) in [7, 11) is 1.72. The van der Waals surface area contributed by atoms with E-state index < -0.39 is 0 Å². The average molecular weight is 260 g/mol. The van der Waals surface area contributed by atoms with Crippen molar-refractivity contribution in [3.63, 3.8) is 0 Å². The summed E-state index contributed by atoms with van der Waals surface area (Å²) in [5, 5.41) is 5.63. The van der Waals surface area contributed by atoms with Crippen LogP contribution in [0.15, 0.2) is 28.9 Å². The van der Waals surface area contributed by atoms with Crippen LogP contribution < -0.4 is 10.6 Å². The first-order valence-electron chi connectivity index (χ1n) is 6.09. The molecule has 6 heteroatoms. The van der Waals surface area contributed by atoms with E-state index >= 15 is 0 Å². The fourth-order valence-corrected chi connectivity index (χ4v) is 1.63. The molecular formula is C13H16N4O2. The largest absolute Gasteiger partial charge is 0.444 e. The Morgan fingerprint density at radius 3 is 2.95 bits per heavy atom. The van der Waals surface area contributed by atoms with Crippen LogP contribution >= 0.6 is 0 Å². The molecule has 2 aromatic heterocycles. The number of pyridine rings is 1. The number of hydrogen-bond donors (Lipinski definition) is 2. The lowest BCUT2D eigenvalue weighted by atomic mass is 10.2. The molecule has 2 aromatic rings. The van der Waals surface area contributed by atoms with Crippen LogP contribution in [0, 0.1) is 0 Å². The van der Waals surface area contributed by atoms with Gasteiger partial charge >= 0.3 is 0 Å². The zero-order valence-electron chi connectivity index (χ0n) is 10.9. The molecule has 0 saturated heterocycles. The second kappa shape index (κ2) is 5.99. The number of aromatic nitrogens is 2. The number of nitrogens with zero attached hydrogens (tertiary/aromatic N) is 2. The summed E-state index contributed by atoms with van der Waals surface area (Å²) in [5.41, 5.74) is 0.493. The lowest BCUT2D eigenvalue weighted by Crippen LogP contribution is -2.24. The minimum Gasteiger partial charge on any atom is -0.444 e. The Balaban J connectivity index is 2.01. The second-order valence-corrected chi connectivity index (χ2v) is 3.91. The van der Waals surface area contributed by atoms with E-state index in [4.69, 9.17) is 4.42 Å². The SMILES string of the molecule is CCc1cnc(CNC(=O)c2cccnc2NC)o1. The predicted octanol–water partition coefficient (Wildman–Crippen LogP) is 1.60. The number of carbonyl (C=O) groups is 1. The Kier molecular flexibility index (Phi) is 4.12. The van der Waals surface area contributed by atoms with Gasteiger partial charge in [0.2, 0.25) is 5.89 Å². The quantitative estimate of drug-likeness (QED) is 0.853. The van der Waals surface area contributed by atoms with Gasteiger partial charge in [0.05, 0.1) is 18.3 Å². The van der Waals surface area contributed by atoms with Crippen LogP contribution in [0.3, 0.4) is 0 Å². The molecule has 0 aliphatic rings. The smallest absolute Gasteiger partial charge is 0.255 e. The van der Waals surface area contributed by atoms with Gasteiger partial charge in [-0.2, -0.15) is 0 Å². The van der Waals surface area contributed by atoms with E-state index in [0.29, 0.717) is 17.3 Å². The molecule has 0 spiro atoms. The predicted molar refractivity (Wildman–Crippen MR) is 70.8 cm³/mol. The van der Waals surface area contributed by atoms with Crippen molar-refractivity contribution in [2.75, 3.05) is 12.4 Å². The van der Waals surface area contributed by atoms with Crippen LogP contribution in [-0.4, -0.2) is 22.9 Å². The monoisotopic (exact) mass is 260 g/mol. The Labute approximate surface area is 111 Å². The fourth-order valence-electron chi connectivity index (χ4n) is 1.63. The van der Waals surface area contributed by atoms with Crippen molar-refractivity contribution in [2.45, 2.75) is 19.9 Å². The number of carbonyl (C=O) groups excluding carboxylic acids is 1. The van der Waals surface area contributed by atoms with Gasteiger partial charge in [0.25, 0.3) is 5.91 Å². The highest BCUT2D eigenvalue weighted by atomic mass is 16.4. The summed E-state index contributed by atoms with van der Waals surface area (Å²) in [6.07, 6.45) is 4.09. The molecule has 0 bridgehead atoms. The molecule has 100 valence electrons. The number of anilines is 1. The Hall–Kier alpha value is -2.37. The van der Waals surface area contributed by atoms with Crippen molar-refractivity contribution in [1.29, 1.82) is 0 Å². The molecule has 0 aliphatic heterocycles. The minimum absolute atomic E-state index is 0.214. The van der Waals surface area contributed by atoms with E-state index in [1.54, 1.807) is 31.6 Å². The molecule has 0 aromatic carbocycles. The van der Waals surface area contributed by atoms with Crippen molar-refractivity contribution >= 4 is 11.7 Å². The molecule has 2 N–H and O–H groups in total. The molecule has 2 heterocycles. The molecule has 0 saturated carbocycles. The molecule has 0 atom stereocenters. The maximum Gasteiger partial charge on any atom is 0.255 e. The first-order chi connectivity index (χ1) is 9.24. The average Bonchev–Trinajstić information content (AvgIpc) is 2.92.